The SMILES string of the molecule is CC/C=C\C/C=C\C/C=C\C/C=C\CCCCCCCCCCCCCCCCCCC(=O)OC(COC(=O)CCCCCCCCCCCCCCCCCCCCCCC/C=C\C/C=C\CCCCCCC)COC(OCC[N+](C)(C)C)C(=O)[O-]. The monoisotopic (exact) mass is 1220 g/mol. The standard InChI is InChI=1S/C78H141NO8/c1-6-8-10-12-14-16-18-20-22-24-26-28-30-32-34-36-37-38-39-41-42-44-46-48-50-52-54-56-58-60-62-64-66-68-75(80)85-72-74(73-86-78(77(82)83)84-71-70-79(3,4)5)87-76(81)69-67-65-63-61-59-57-55-53-51-49-47-45-43-40-35-33-31-29-27-25-23-21-19-17-15-13-11-9-7-2/h9,11,15,17-18,20-21,23-24,26-27,29,74,78H,6-8,10,12-14,16,19,22,25,28,30-73H2,1-5H3/b11-9-,17-15-,20-18-,23-21-,26-24-,29-27-. The van der Waals surface area contributed by atoms with E-state index in [-0.39, 0.29) is 32.2 Å². The van der Waals surface area contributed by atoms with Gasteiger partial charge in [-0.1, -0.05) is 324 Å². The fraction of sp³-hybridized carbons (Fsp3) is 0.808. The lowest BCUT2D eigenvalue weighted by molar-refractivity contribution is -0.870. The van der Waals surface area contributed by atoms with E-state index >= 15 is 0 Å². The van der Waals surface area contributed by atoms with Gasteiger partial charge in [0.2, 0.25) is 0 Å². The molecule has 506 valence electrons. The van der Waals surface area contributed by atoms with Gasteiger partial charge in [0.05, 0.1) is 40.3 Å². The van der Waals surface area contributed by atoms with Gasteiger partial charge in [0, 0.05) is 12.8 Å². The summed E-state index contributed by atoms with van der Waals surface area (Å²) in [7, 11) is 5.94. The molecule has 0 amide bonds. The Morgan fingerprint density at radius 2 is 0.655 bits per heavy atom. The third-order valence-electron chi connectivity index (χ3n) is 16.4. The van der Waals surface area contributed by atoms with Gasteiger partial charge in [0.1, 0.15) is 13.2 Å². The number of carboxylic acids is 1. The summed E-state index contributed by atoms with van der Waals surface area (Å²) in [5.74, 6) is -2.26. The Morgan fingerprint density at radius 1 is 0.356 bits per heavy atom. The van der Waals surface area contributed by atoms with Crippen molar-refractivity contribution in [3.05, 3.63) is 72.9 Å². The molecule has 0 aromatic carbocycles. The largest absolute Gasteiger partial charge is 0.545 e. The Hall–Kier alpha value is -3.27. The zero-order valence-electron chi connectivity index (χ0n) is 57.9. The van der Waals surface area contributed by atoms with Crippen molar-refractivity contribution in [2.45, 2.75) is 360 Å². The first kappa shape index (κ1) is 83.7. The van der Waals surface area contributed by atoms with E-state index in [1.165, 1.54) is 250 Å². The van der Waals surface area contributed by atoms with Gasteiger partial charge in [0.25, 0.3) is 0 Å². The van der Waals surface area contributed by atoms with E-state index in [4.69, 9.17) is 18.9 Å². The Balaban J connectivity index is 4.04. The lowest BCUT2D eigenvalue weighted by Gasteiger charge is -2.26. The van der Waals surface area contributed by atoms with E-state index in [0.29, 0.717) is 23.9 Å². The van der Waals surface area contributed by atoms with Gasteiger partial charge < -0.3 is 33.3 Å². The zero-order valence-corrected chi connectivity index (χ0v) is 57.9. The van der Waals surface area contributed by atoms with E-state index in [9.17, 15) is 19.5 Å². The van der Waals surface area contributed by atoms with Gasteiger partial charge in [-0.15, -0.1) is 0 Å². The number of unbranched alkanes of at least 4 members (excludes halogenated alkanes) is 42. The number of carboxylic acid groups (broad SMARTS) is 1. The second-order valence-electron chi connectivity index (χ2n) is 26.2. The second kappa shape index (κ2) is 68.6. The zero-order chi connectivity index (χ0) is 63.3. The maximum absolute atomic E-state index is 12.9. The highest BCUT2D eigenvalue weighted by atomic mass is 16.7. The third kappa shape index (κ3) is 70.1. The number of likely N-dealkylation sites (N-methyl/N-ethyl adjacent to an activating group) is 1. The number of carbonyl (C=O) groups is 3. The number of carbonyl (C=O) groups excluding carboxylic acids is 3. The normalized spacial score (nSPS) is 13.1. The van der Waals surface area contributed by atoms with Crippen molar-refractivity contribution in [1.29, 1.82) is 0 Å². The molecule has 0 spiro atoms. The molecule has 87 heavy (non-hydrogen) atoms. The summed E-state index contributed by atoms with van der Waals surface area (Å²) in [5.41, 5.74) is 0. The number of hydrogen-bond acceptors (Lipinski definition) is 8. The minimum absolute atomic E-state index is 0.148. The molecule has 0 radical (unpaired) electrons. The maximum Gasteiger partial charge on any atom is 0.306 e. The molecule has 0 fully saturated rings. The quantitative estimate of drug-likeness (QED) is 0.0195. The summed E-state index contributed by atoms with van der Waals surface area (Å²) in [5, 5.41) is 11.8. The number of esters is 2. The molecule has 2 unspecified atom stereocenters. The molecule has 0 N–H and O–H groups in total. The Labute approximate surface area is 538 Å². The number of quaternary nitrogens is 1. The van der Waals surface area contributed by atoms with Crippen LogP contribution in [0.25, 0.3) is 0 Å². The molecule has 0 saturated heterocycles. The van der Waals surface area contributed by atoms with Gasteiger partial charge in [-0.05, 0) is 83.5 Å². The van der Waals surface area contributed by atoms with Crippen molar-refractivity contribution < 1.29 is 42.9 Å². The predicted octanol–water partition coefficient (Wildman–Crippen LogP) is 21.9. The summed E-state index contributed by atoms with van der Waals surface area (Å²) < 4.78 is 22.8. The van der Waals surface area contributed by atoms with Gasteiger partial charge in [-0.2, -0.15) is 0 Å². The first-order valence-electron chi connectivity index (χ1n) is 37.1. The highest BCUT2D eigenvalue weighted by Crippen LogP contribution is 2.19. The topological polar surface area (TPSA) is 111 Å². The maximum atomic E-state index is 12.9. The van der Waals surface area contributed by atoms with Crippen molar-refractivity contribution in [2.75, 3.05) is 47.5 Å². The molecule has 9 heteroatoms. The van der Waals surface area contributed by atoms with Crippen LogP contribution >= 0.6 is 0 Å². The summed E-state index contributed by atoms with van der Waals surface area (Å²) in [6.07, 6.45) is 88.6. The van der Waals surface area contributed by atoms with E-state index in [1.807, 2.05) is 21.1 Å². The van der Waals surface area contributed by atoms with E-state index < -0.39 is 24.3 Å². The highest BCUT2D eigenvalue weighted by Gasteiger charge is 2.22. The van der Waals surface area contributed by atoms with Crippen LogP contribution in [0.3, 0.4) is 0 Å². The van der Waals surface area contributed by atoms with Crippen molar-refractivity contribution >= 4 is 17.9 Å². The summed E-state index contributed by atoms with van der Waals surface area (Å²) in [4.78, 5) is 37.5. The first-order valence-corrected chi connectivity index (χ1v) is 37.1. The summed E-state index contributed by atoms with van der Waals surface area (Å²) >= 11 is 0. The van der Waals surface area contributed by atoms with Crippen LogP contribution in [0.1, 0.15) is 348 Å². The molecule has 0 rings (SSSR count). The minimum atomic E-state index is -1.62. The van der Waals surface area contributed by atoms with Gasteiger partial charge >= 0.3 is 11.9 Å². The summed E-state index contributed by atoms with van der Waals surface area (Å²) in [6.45, 7) is 4.68. The van der Waals surface area contributed by atoms with Crippen molar-refractivity contribution in [3.8, 4) is 0 Å². The highest BCUT2D eigenvalue weighted by molar-refractivity contribution is 5.70. The number of rotatable bonds is 69. The lowest BCUT2D eigenvalue weighted by atomic mass is 10.0. The molecule has 0 aromatic heterocycles. The number of aliphatic carboxylic acids is 1. The molecule has 0 heterocycles. The Kier molecular flexibility index (Phi) is 66.1. The second-order valence-corrected chi connectivity index (χ2v) is 26.2. The van der Waals surface area contributed by atoms with Gasteiger partial charge in [-0.25, -0.2) is 0 Å². The molecule has 0 aliphatic rings. The van der Waals surface area contributed by atoms with Crippen molar-refractivity contribution in [1.82, 2.24) is 0 Å². The minimum Gasteiger partial charge on any atom is -0.545 e. The molecular weight excluding hydrogens is 1080 g/mol. The lowest BCUT2D eigenvalue weighted by Crippen LogP contribution is -2.44. The van der Waals surface area contributed by atoms with Crippen LogP contribution < -0.4 is 5.11 Å². The van der Waals surface area contributed by atoms with Gasteiger partial charge in [0.15, 0.2) is 12.4 Å². The van der Waals surface area contributed by atoms with Crippen LogP contribution in [-0.4, -0.2) is 82.3 Å². The average Bonchev–Trinajstić information content (AvgIpc) is 3.57. The molecule has 9 nitrogen and oxygen atoms in total. The fourth-order valence-electron chi connectivity index (χ4n) is 10.8. The Bertz CT molecular complexity index is 1660. The molecule has 0 saturated carbocycles. The summed E-state index contributed by atoms with van der Waals surface area (Å²) in [6, 6.07) is 0. The fourth-order valence-corrected chi connectivity index (χ4v) is 10.8. The molecular formula is C78H141NO8. The van der Waals surface area contributed by atoms with Crippen LogP contribution in [0, 0.1) is 0 Å². The molecule has 0 bridgehead atoms. The van der Waals surface area contributed by atoms with Crippen LogP contribution in [0.5, 0.6) is 0 Å². The van der Waals surface area contributed by atoms with E-state index in [1.54, 1.807) is 0 Å². The van der Waals surface area contributed by atoms with E-state index in [0.717, 1.165) is 64.2 Å². The van der Waals surface area contributed by atoms with Gasteiger partial charge in [-0.3, -0.25) is 9.59 Å². The Morgan fingerprint density at radius 3 is 0.977 bits per heavy atom. The van der Waals surface area contributed by atoms with Crippen LogP contribution in [0.15, 0.2) is 72.9 Å². The smallest absolute Gasteiger partial charge is 0.306 e. The third-order valence-corrected chi connectivity index (χ3v) is 16.4. The number of nitrogens with zero attached hydrogens (tertiary/aromatic N) is 1. The van der Waals surface area contributed by atoms with Crippen LogP contribution in [0.2, 0.25) is 0 Å². The van der Waals surface area contributed by atoms with Crippen molar-refractivity contribution in [3.63, 3.8) is 0 Å². The number of hydrogen-bond donors (Lipinski definition) is 0. The van der Waals surface area contributed by atoms with E-state index in [2.05, 4.69) is 86.8 Å². The predicted molar refractivity (Wildman–Crippen MR) is 371 cm³/mol. The average molecular weight is 1220 g/mol. The van der Waals surface area contributed by atoms with Crippen LogP contribution in [0.4, 0.5) is 0 Å². The molecule has 0 aliphatic carbocycles. The molecule has 2 atom stereocenters. The van der Waals surface area contributed by atoms with Crippen molar-refractivity contribution in [2.24, 2.45) is 0 Å². The first-order chi connectivity index (χ1) is 42.6. The molecule has 0 aliphatic heterocycles. The number of allylic oxidation sites excluding steroid dienone is 12. The molecule has 0 aromatic rings. The number of ether oxygens (including phenoxy) is 4. The van der Waals surface area contributed by atoms with Crippen LogP contribution in [-0.2, 0) is 33.3 Å².